The summed E-state index contributed by atoms with van der Waals surface area (Å²) in [4.78, 5) is 10.7. The number of amides is 1. The molecule has 0 aliphatic carbocycles. The second-order valence-electron chi connectivity index (χ2n) is 2.98. The minimum absolute atomic E-state index is 0.253. The summed E-state index contributed by atoms with van der Waals surface area (Å²) in [6.45, 7) is 3.38. The molecule has 0 fully saturated rings. The smallest absolute Gasteiger partial charge is 0.252 e. The van der Waals surface area contributed by atoms with Crippen LogP contribution in [0.4, 0.5) is 5.88 Å². The normalized spacial score (nSPS) is 10.5. The molecule has 1 rings (SSSR count). The molecule has 0 radical (unpaired) electrons. The van der Waals surface area contributed by atoms with Gasteiger partial charge in [-0.2, -0.15) is 0 Å². The summed E-state index contributed by atoms with van der Waals surface area (Å²) in [6.07, 6.45) is 0. The number of rotatable bonds is 3. The summed E-state index contributed by atoms with van der Waals surface area (Å²) in [5.41, 5.74) is 0.772. The highest BCUT2D eigenvalue weighted by Crippen LogP contribution is 2.16. The van der Waals surface area contributed by atoms with Crippen molar-refractivity contribution in [3.63, 3.8) is 0 Å². The van der Waals surface area contributed by atoms with Crippen molar-refractivity contribution in [1.82, 2.24) is 5.16 Å². The van der Waals surface area contributed by atoms with Crippen LogP contribution >= 0.6 is 0 Å². The molecule has 0 aromatic carbocycles. The van der Waals surface area contributed by atoms with Gasteiger partial charge in [0.2, 0.25) is 5.88 Å². The first-order chi connectivity index (χ1) is 6.13. The van der Waals surface area contributed by atoms with Crippen LogP contribution in [0.5, 0.6) is 0 Å². The number of aliphatic hydroxyl groups is 1. The van der Waals surface area contributed by atoms with Gasteiger partial charge in [-0.3, -0.25) is 10.1 Å². The van der Waals surface area contributed by atoms with E-state index >= 15 is 0 Å². The van der Waals surface area contributed by atoms with Crippen molar-refractivity contribution in [2.24, 2.45) is 0 Å². The summed E-state index contributed by atoms with van der Waals surface area (Å²) in [5, 5.41) is 14.5. The molecule has 1 aromatic rings. The Morgan fingerprint density at radius 2 is 2.46 bits per heavy atom. The lowest BCUT2D eigenvalue weighted by Gasteiger charge is -1.95. The monoisotopic (exact) mass is 184 g/mol. The fraction of sp³-hybridized carbons (Fsp3) is 0.500. The Bertz CT molecular complexity index is 293. The van der Waals surface area contributed by atoms with Gasteiger partial charge in [0, 0.05) is 6.07 Å². The van der Waals surface area contributed by atoms with Gasteiger partial charge >= 0.3 is 0 Å². The molecule has 1 aromatic heterocycles. The molecule has 1 heterocycles. The first kappa shape index (κ1) is 9.73. The van der Waals surface area contributed by atoms with Gasteiger partial charge < -0.3 is 9.63 Å². The van der Waals surface area contributed by atoms with Gasteiger partial charge in [-0.25, -0.2) is 0 Å². The van der Waals surface area contributed by atoms with E-state index in [1.54, 1.807) is 6.07 Å². The molecule has 0 saturated heterocycles. The van der Waals surface area contributed by atoms with Crippen LogP contribution in [0.25, 0.3) is 0 Å². The van der Waals surface area contributed by atoms with E-state index in [4.69, 9.17) is 9.63 Å². The van der Waals surface area contributed by atoms with Crippen LogP contribution < -0.4 is 5.32 Å². The lowest BCUT2D eigenvalue weighted by molar-refractivity contribution is -0.118. The van der Waals surface area contributed by atoms with E-state index in [1.165, 1.54) is 0 Å². The van der Waals surface area contributed by atoms with Crippen molar-refractivity contribution < 1.29 is 14.4 Å². The lowest BCUT2D eigenvalue weighted by Crippen LogP contribution is -2.14. The maximum absolute atomic E-state index is 10.7. The average Bonchev–Trinajstić information content (AvgIpc) is 2.52. The van der Waals surface area contributed by atoms with Crippen LogP contribution in [0.1, 0.15) is 25.5 Å². The van der Waals surface area contributed by atoms with Crippen molar-refractivity contribution in [1.29, 1.82) is 0 Å². The zero-order chi connectivity index (χ0) is 9.84. The van der Waals surface area contributed by atoms with E-state index in [0.717, 1.165) is 5.69 Å². The van der Waals surface area contributed by atoms with Crippen LogP contribution in [-0.2, 0) is 4.79 Å². The number of nitrogens with zero attached hydrogens (tertiary/aromatic N) is 1. The molecule has 0 aliphatic heterocycles. The van der Waals surface area contributed by atoms with Gasteiger partial charge in [-0.05, 0) is 5.92 Å². The van der Waals surface area contributed by atoms with E-state index < -0.39 is 12.5 Å². The second-order valence-corrected chi connectivity index (χ2v) is 2.98. The van der Waals surface area contributed by atoms with E-state index in [1.807, 2.05) is 13.8 Å². The Morgan fingerprint density at radius 3 is 2.92 bits per heavy atom. The summed E-state index contributed by atoms with van der Waals surface area (Å²) < 4.78 is 4.81. The van der Waals surface area contributed by atoms with E-state index in [2.05, 4.69) is 10.5 Å². The Balaban J connectivity index is 2.64. The van der Waals surface area contributed by atoms with Crippen LogP contribution in [0.3, 0.4) is 0 Å². The molecule has 72 valence electrons. The maximum Gasteiger partial charge on any atom is 0.252 e. The first-order valence-electron chi connectivity index (χ1n) is 4.00. The third-order valence-corrected chi connectivity index (χ3v) is 1.53. The molecule has 0 unspecified atom stereocenters. The van der Waals surface area contributed by atoms with E-state index in [0.29, 0.717) is 0 Å². The topological polar surface area (TPSA) is 75.4 Å². The molecule has 0 aliphatic rings. The fourth-order valence-electron chi connectivity index (χ4n) is 0.797. The van der Waals surface area contributed by atoms with E-state index in [9.17, 15) is 4.79 Å². The van der Waals surface area contributed by atoms with Crippen LogP contribution in [0.15, 0.2) is 10.6 Å². The standard InChI is InChI=1S/C8H12N2O3/c1-5(2)6-3-8(13-10-6)9-7(12)4-11/h3,5,11H,4H2,1-2H3,(H,9,12). The number of aliphatic hydroxyl groups excluding tert-OH is 1. The molecule has 13 heavy (non-hydrogen) atoms. The molecule has 0 atom stereocenters. The number of anilines is 1. The summed E-state index contributed by atoms with van der Waals surface area (Å²) in [5.74, 6) is 0.0118. The van der Waals surface area contributed by atoms with Crippen LogP contribution in [0.2, 0.25) is 0 Å². The largest absolute Gasteiger partial charge is 0.387 e. The highest BCUT2D eigenvalue weighted by molar-refractivity contribution is 5.90. The average molecular weight is 184 g/mol. The van der Waals surface area contributed by atoms with Gasteiger partial charge in [-0.1, -0.05) is 19.0 Å². The van der Waals surface area contributed by atoms with Crippen molar-refractivity contribution in [3.05, 3.63) is 11.8 Å². The molecule has 0 spiro atoms. The Hall–Kier alpha value is -1.36. The molecule has 5 nitrogen and oxygen atoms in total. The Labute approximate surface area is 75.7 Å². The predicted octanol–water partition coefficient (Wildman–Crippen LogP) is 0.729. The quantitative estimate of drug-likeness (QED) is 0.726. The number of nitrogens with one attached hydrogen (secondary N) is 1. The number of carbonyl (C=O) groups excluding carboxylic acids is 1. The molecule has 1 amide bonds. The number of aromatic nitrogens is 1. The zero-order valence-electron chi connectivity index (χ0n) is 7.57. The van der Waals surface area contributed by atoms with Gasteiger partial charge in [0.1, 0.15) is 6.61 Å². The number of carbonyl (C=O) groups is 1. The van der Waals surface area contributed by atoms with Gasteiger partial charge in [0.25, 0.3) is 5.91 Å². The lowest BCUT2D eigenvalue weighted by atomic mass is 10.1. The van der Waals surface area contributed by atoms with Crippen molar-refractivity contribution >= 4 is 11.8 Å². The molecule has 0 bridgehead atoms. The summed E-state index contributed by atoms with van der Waals surface area (Å²) >= 11 is 0. The minimum Gasteiger partial charge on any atom is -0.387 e. The molecular formula is C8H12N2O3. The van der Waals surface area contributed by atoms with Gasteiger partial charge in [-0.15, -0.1) is 0 Å². The first-order valence-corrected chi connectivity index (χ1v) is 4.00. The van der Waals surface area contributed by atoms with Crippen LogP contribution in [0, 0.1) is 0 Å². The number of hydrogen-bond donors (Lipinski definition) is 2. The Morgan fingerprint density at radius 1 is 1.77 bits per heavy atom. The van der Waals surface area contributed by atoms with Gasteiger partial charge in [0.05, 0.1) is 5.69 Å². The minimum atomic E-state index is -0.558. The molecular weight excluding hydrogens is 172 g/mol. The van der Waals surface area contributed by atoms with Crippen molar-refractivity contribution in [2.45, 2.75) is 19.8 Å². The van der Waals surface area contributed by atoms with Crippen LogP contribution in [-0.4, -0.2) is 22.8 Å². The zero-order valence-corrected chi connectivity index (χ0v) is 7.57. The third kappa shape index (κ3) is 2.55. The highest BCUT2D eigenvalue weighted by atomic mass is 16.5. The molecule has 5 heteroatoms. The summed E-state index contributed by atoms with van der Waals surface area (Å²) in [7, 11) is 0. The predicted molar refractivity (Wildman–Crippen MR) is 46.3 cm³/mol. The fourth-order valence-corrected chi connectivity index (χ4v) is 0.797. The van der Waals surface area contributed by atoms with Crippen molar-refractivity contribution in [2.75, 3.05) is 11.9 Å². The molecule has 0 saturated carbocycles. The SMILES string of the molecule is CC(C)c1cc(NC(=O)CO)on1. The number of hydrogen-bond acceptors (Lipinski definition) is 4. The Kier molecular flexibility index (Phi) is 3.02. The van der Waals surface area contributed by atoms with Crippen molar-refractivity contribution in [3.8, 4) is 0 Å². The molecule has 2 N–H and O–H groups in total. The maximum atomic E-state index is 10.7. The van der Waals surface area contributed by atoms with E-state index in [-0.39, 0.29) is 11.8 Å². The third-order valence-electron chi connectivity index (χ3n) is 1.53. The summed E-state index contributed by atoms with van der Waals surface area (Å²) in [6, 6.07) is 1.64. The van der Waals surface area contributed by atoms with Gasteiger partial charge in [0.15, 0.2) is 0 Å². The second kappa shape index (κ2) is 4.04. The highest BCUT2D eigenvalue weighted by Gasteiger charge is 2.09.